The number of hydrogen-bond donors (Lipinski definition) is 1. The number of hydrogen-bond acceptors (Lipinski definition) is 2. The van der Waals surface area contributed by atoms with Crippen molar-refractivity contribution < 1.29 is 4.79 Å². The molecule has 0 fully saturated rings. The quantitative estimate of drug-likeness (QED) is 0.634. The van der Waals surface area contributed by atoms with Crippen LogP contribution in [0.2, 0.25) is 0 Å². The average Bonchev–Trinajstić information content (AvgIpc) is 2.14. The third kappa shape index (κ3) is 6.89. The lowest BCUT2D eigenvalue weighted by atomic mass is 10.1. The fourth-order valence-corrected chi connectivity index (χ4v) is 1.22. The van der Waals surface area contributed by atoms with Gasteiger partial charge in [-0.3, -0.25) is 4.79 Å². The number of carbonyl (C=O) groups is 1. The van der Waals surface area contributed by atoms with E-state index < -0.39 is 0 Å². The van der Waals surface area contributed by atoms with Crippen LogP contribution in [-0.2, 0) is 4.79 Å². The fraction of sp³-hybridized carbons (Fsp3) is 0.909. The molecule has 0 aromatic rings. The lowest BCUT2D eigenvalue weighted by molar-refractivity contribution is -0.127. The Labute approximate surface area is 87.9 Å². The van der Waals surface area contributed by atoms with Gasteiger partial charge < -0.3 is 10.2 Å². The van der Waals surface area contributed by atoms with E-state index in [0.717, 1.165) is 6.42 Å². The predicted molar refractivity (Wildman–Crippen MR) is 60.3 cm³/mol. The fourth-order valence-electron chi connectivity index (χ4n) is 1.22. The van der Waals surface area contributed by atoms with Crippen molar-refractivity contribution in [3.63, 3.8) is 0 Å². The zero-order chi connectivity index (χ0) is 11.0. The maximum absolute atomic E-state index is 11.2. The molecule has 14 heavy (non-hydrogen) atoms. The predicted octanol–water partition coefficient (Wildman–Crippen LogP) is 1.63. The molecule has 0 aromatic heterocycles. The van der Waals surface area contributed by atoms with Crippen LogP contribution < -0.4 is 5.32 Å². The molecular weight excluding hydrogens is 176 g/mol. The molecule has 0 aromatic carbocycles. The molecule has 0 unspecified atom stereocenters. The Bertz CT molecular complexity index is 157. The smallest absolute Gasteiger partial charge is 0.236 e. The summed E-state index contributed by atoms with van der Waals surface area (Å²) in [6.07, 6.45) is 4.95. The van der Waals surface area contributed by atoms with Crippen LogP contribution >= 0.6 is 0 Å². The van der Waals surface area contributed by atoms with E-state index in [0.29, 0.717) is 12.6 Å². The summed E-state index contributed by atoms with van der Waals surface area (Å²) in [4.78, 5) is 12.9. The van der Waals surface area contributed by atoms with Crippen molar-refractivity contribution in [2.24, 2.45) is 0 Å². The van der Waals surface area contributed by atoms with E-state index in [1.807, 2.05) is 0 Å². The van der Waals surface area contributed by atoms with Gasteiger partial charge in [0.1, 0.15) is 0 Å². The van der Waals surface area contributed by atoms with Gasteiger partial charge in [-0.2, -0.15) is 0 Å². The summed E-state index contributed by atoms with van der Waals surface area (Å²) in [5.41, 5.74) is 0. The van der Waals surface area contributed by atoms with Crippen LogP contribution in [0.25, 0.3) is 0 Å². The van der Waals surface area contributed by atoms with Crippen molar-refractivity contribution in [1.82, 2.24) is 10.2 Å². The van der Waals surface area contributed by atoms with Crippen molar-refractivity contribution in [3.05, 3.63) is 0 Å². The second kappa shape index (κ2) is 7.80. The molecule has 0 spiro atoms. The Morgan fingerprint density at radius 2 is 2.00 bits per heavy atom. The van der Waals surface area contributed by atoms with Gasteiger partial charge in [-0.05, 0) is 13.3 Å². The molecule has 1 amide bonds. The van der Waals surface area contributed by atoms with Crippen molar-refractivity contribution in [2.45, 2.75) is 45.6 Å². The molecule has 0 radical (unpaired) electrons. The average molecular weight is 200 g/mol. The highest BCUT2D eigenvalue weighted by atomic mass is 16.2. The number of amides is 1. The number of nitrogens with zero attached hydrogens (tertiary/aromatic N) is 1. The molecule has 0 heterocycles. The SMILES string of the molecule is CCCCC[C@@H](C)NCC(=O)N(C)C. The minimum Gasteiger partial charge on any atom is -0.348 e. The molecule has 0 aliphatic heterocycles. The topological polar surface area (TPSA) is 32.3 Å². The van der Waals surface area contributed by atoms with Crippen LogP contribution in [0.15, 0.2) is 0 Å². The summed E-state index contributed by atoms with van der Waals surface area (Å²) in [5.74, 6) is 0.146. The minimum absolute atomic E-state index is 0.146. The molecule has 84 valence electrons. The zero-order valence-electron chi connectivity index (χ0n) is 9.97. The second-order valence-corrected chi connectivity index (χ2v) is 4.07. The summed E-state index contributed by atoms with van der Waals surface area (Å²) >= 11 is 0. The number of likely N-dealkylation sites (N-methyl/N-ethyl adjacent to an activating group) is 1. The van der Waals surface area contributed by atoms with E-state index in [4.69, 9.17) is 0 Å². The third-order valence-corrected chi connectivity index (χ3v) is 2.34. The standard InChI is InChI=1S/C11H24N2O/c1-5-6-7-8-10(2)12-9-11(14)13(3)4/h10,12H,5-9H2,1-4H3/t10-/m1/s1. The van der Waals surface area contributed by atoms with E-state index in [9.17, 15) is 4.79 Å². The van der Waals surface area contributed by atoms with E-state index in [1.54, 1.807) is 19.0 Å². The van der Waals surface area contributed by atoms with Crippen molar-refractivity contribution >= 4 is 5.91 Å². The van der Waals surface area contributed by atoms with Crippen LogP contribution in [0, 0.1) is 0 Å². The number of unbranched alkanes of at least 4 members (excludes halogenated alkanes) is 2. The monoisotopic (exact) mass is 200 g/mol. The lowest BCUT2D eigenvalue weighted by Gasteiger charge is -2.15. The molecule has 0 saturated heterocycles. The van der Waals surface area contributed by atoms with Crippen molar-refractivity contribution in [1.29, 1.82) is 0 Å². The molecule has 1 N–H and O–H groups in total. The van der Waals surface area contributed by atoms with Crippen molar-refractivity contribution in [2.75, 3.05) is 20.6 Å². The van der Waals surface area contributed by atoms with Gasteiger partial charge in [-0.1, -0.05) is 26.2 Å². The summed E-state index contributed by atoms with van der Waals surface area (Å²) in [7, 11) is 3.57. The highest BCUT2D eigenvalue weighted by molar-refractivity contribution is 5.77. The van der Waals surface area contributed by atoms with Gasteiger partial charge in [-0.15, -0.1) is 0 Å². The molecule has 1 atom stereocenters. The van der Waals surface area contributed by atoms with Gasteiger partial charge >= 0.3 is 0 Å². The zero-order valence-corrected chi connectivity index (χ0v) is 9.97. The Kier molecular flexibility index (Phi) is 7.48. The van der Waals surface area contributed by atoms with Gasteiger partial charge in [0, 0.05) is 20.1 Å². The van der Waals surface area contributed by atoms with E-state index >= 15 is 0 Å². The Morgan fingerprint density at radius 3 is 2.50 bits per heavy atom. The largest absolute Gasteiger partial charge is 0.348 e. The van der Waals surface area contributed by atoms with Crippen LogP contribution in [0.3, 0.4) is 0 Å². The summed E-state index contributed by atoms with van der Waals surface area (Å²) in [6, 6.07) is 0.449. The molecule has 3 heteroatoms. The molecule has 0 rings (SSSR count). The Balaban J connectivity index is 3.43. The van der Waals surface area contributed by atoms with E-state index in [1.165, 1.54) is 19.3 Å². The van der Waals surface area contributed by atoms with Crippen molar-refractivity contribution in [3.8, 4) is 0 Å². The van der Waals surface area contributed by atoms with Gasteiger partial charge in [0.25, 0.3) is 0 Å². The maximum Gasteiger partial charge on any atom is 0.236 e. The number of carbonyl (C=O) groups excluding carboxylic acids is 1. The maximum atomic E-state index is 11.2. The molecule has 0 aliphatic rings. The Hall–Kier alpha value is -0.570. The first-order valence-electron chi connectivity index (χ1n) is 5.51. The van der Waals surface area contributed by atoms with Crippen LogP contribution in [0.4, 0.5) is 0 Å². The number of rotatable bonds is 7. The molecule has 0 saturated carbocycles. The van der Waals surface area contributed by atoms with Gasteiger partial charge in [-0.25, -0.2) is 0 Å². The van der Waals surface area contributed by atoms with Gasteiger partial charge in [0.2, 0.25) is 5.91 Å². The first-order chi connectivity index (χ1) is 6.57. The first kappa shape index (κ1) is 13.4. The van der Waals surface area contributed by atoms with Crippen LogP contribution in [0.1, 0.15) is 39.5 Å². The van der Waals surface area contributed by atoms with Crippen LogP contribution in [-0.4, -0.2) is 37.5 Å². The van der Waals surface area contributed by atoms with E-state index in [-0.39, 0.29) is 5.91 Å². The molecule has 0 aliphatic carbocycles. The second-order valence-electron chi connectivity index (χ2n) is 4.07. The first-order valence-corrected chi connectivity index (χ1v) is 5.51. The molecule has 0 bridgehead atoms. The lowest BCUT2D eigenvalue weighted by Crippen LogP contribution is -2.37. The van der Waals surface area contributed by atoms with Crippen LogP contribution in [0.5, 0.6) is 0 Å². The summed E-state index contributed by atoms with van der Waals surface area (Å²) < 4.78 is 0. The summed E-state index contributed by atoms with van der Waals surface area (Å²) in [6.45, 7) is 4.80. The highest BCUT2D eigenvalue weighted by Crippen LogP contribution is 2.02. The highest BCUT2D eigenvalue weighted by Gasteiger charge is 2.06. The normalized spacial score (nSPS) is 12.6. The summed E-state index contributed by atoms with van der Waals surface area (Å²) in [5, 5.41) is 3.23. The van der Waals surface area contributed by atoms with Gasteiger partial charge in [0.05, 0.1) is 6.54 Å². The molecule has 3 nitrogen and oxygen atoms in total. The number of nitrogens with one attached hydrogen (secondary N) is 1. The minimum atomic E-state index is 0.146. The Morgan fingerprint density at radius 1 is 1.36 bits per heavy atom. The molecular formula is C11H24N2O. The third-order valence-electron chi connectivity index (χ3n) is 2.34. The van der Waals surface area contributed by atoms with E-state index in [2.05, 4.69) is 19.2 Å². The van der Waals surface area contributed by atoms with Gasteiger partial charge in [0.15, 0.2) is 0 Å².